The molecule has 2 rings (SSSR count). The molecule has 0 fully saturated rings. The van der Waals surface area contributed by atoms with Gasteiger partial charge in [-0.25, -0.2) is 0 Å². The van der Waals surface area contributed by atoms with Crippen LogP contribution in [-0.2, 0) is 6.42 Å². The average molecular weight is 227 g/mol. The highest BCUT2D eigenvalue weighted by Gasteiger charge is 2.12. The van der Waals surface area contributed by atoms with E-state index in [9.17, 15) is 5.11 Å². The van der Waals surface area contributed by atoms with Gasteiger partial charge in [-0.2, -0.15) is 0 Å². The van der Waals surface area contributed by atoms with Gasteiger partial charge in [-0.3, -0.25) is 0 Å². The standard InChI is InChI=1S/C15H17NO/c1-2-11-7-9-12(10-8-11)15(17)13-5-3-4-6-14(13)16/h3-10,15,17H,2,16H2,1H3/t15-/m0/s1. The molecule has 0 bridgehead atoms. The van der Waals surface area contributed by atoms with Gasteiger partial charge < -0.3 is 10.8 Å². The molecule has 17 heavy (non-hydrogen) atoms. The number of hydrogen-bond donors (Lipinski definition) is 2. The molecule has 0 aliphatic rings. The maximum atomic E-state index is 10.3. The van der Waals surface area contributed by atoms with E-state index in [2.05, 4.69) is 6.92 Å². The zero-order valence-corrected chi connectivity index (χ0v) is 9.93. The Bertz CT molecular complexity index is 491. The second-order valence-electron chi connectivity index (χ2n) is 4.13. The smallest absolute Gasteiger partial charge is 0.106 e. The molecule has 2 aromatic carbocycles. The molecule has 0 amide bonds. The van der Waals surface area contributed by atoms with E-state index in [1.165, 1.54) is 5.56 Å². The van der Waals surface area contributed by atoms with Crippen molar-refractivity contribution in [3.63, 3.8) is 0 Å². The largest absolute Gasteiger partial charge is 0.398 e. The van der Waals surface area contributed by atoms with E-state index in [0.717, 1.165) is 17.5 Å². The summed E-state index contributed by atoms with van der Waals surface area (Å²) in [6, 6.07) is 15.4. The van der Waals surface area contributed by atoms with Crippen LogP contribution in [0.2, 0.25) is 0 Å². The third-order valence-electron chi connectivity index (χ3n) is 2.99. The van der Waals surface area contributed by atoms with Crippen molar-refractivity contribution >= 4 is 5.69 Å². The maximum Gasteiger partial charge on any atom is 0.106 e. The van der Waals surface area contributed by atoms with Gasteiger partial charge in [0, 0.05) is 11.3 Å². The molecular weight excluding hydrogens is 210 g/mol. The van der Waals surface area contributed by atoms with Crippen molar-refractivity contribution in [1.29, 1.82) is 0 Å². The molecule has 0 heterocycles. The van der Waals surface area contributed by atoms with E-state index >= 15 is 0 Å². The van der Waals surface area contributed by atoms with Crippen LogP contribution in [0.15, 0.2) is 48.5 Å². The minimum absolute atomic E-state index is 0.625. The number of anilines is 1. The number of benzene rings is 2. The fourth-order valence-corrected chi connectivity index (χ4v) is 1.88. The van der Waals surface area contributed by atoms with E-state index in [4.69, 9.17) is 5.73 Å². The normalized spacial score (nSPS) is 12.4. The zero-order valence-electron chi connectivity index (χ0n) is 9.93. The Labute approximate surface area is 102 Å². The number of rotatable bonds is 3. The number of hydrogen-bond acceptors (Lipinski definition) is 2. The summed E-state index contributed by atoms with van der Waals surface area (Å²) in [7, 11) is 0. The van der Waals surface area contributed by atoms with E-state index in [0.29, 0.717) is 5.69 Å². The molecule has 0 aromatic heterocycles. The first-order valence-electron chi connectivity index (χ1n) is 5.83. The topological polar surface area (TPSA) is 46.2 Å². The van der Waals surface area contributed by atoms with Crippen LogP contribution in [0.1, 0.15) is 29.7 Å². The van der Waals surface area contributed by atoms with Crippen LogP contribution in [0.3, 0.4) is 0 Å². The number of para-hydroxylation sites is 1. The highest BCUT2D eigenvalue weighted by molar-refractivity contribution is 5.50. The molecule has 2 aromatic rings. The summed E-state index contributed by atoms with van der Waals surface area (Å²) in [6.45, 7) is 2.11. The molecule has 88 valence electrons. The number of nitrogens with two attached hydrogens (primary N) is 1. The fraction of sp³-hybridized carbons (Fsp3) is 0.200. The van der Waals surface area contributed by atoms with Gasteiger partial charge in [-0.05, 0) is 23.6 Å². The van der Waals surface area contributed by atoms with E-state index in [1.54, 1.807) is 6.07 Å². The summed E-state index contributed by atoms with van der Waals surface area (Å²) in [5, 5.41) is 10.3. The Balaban J connectivity index is 2.30. The molecule has 0 aliphatic heterocycles. The van der Waals surface area contributed by atoms with Crippen molar-refractivity contribution in [1.82, 2.24) is 0 Å². The second-order valence-corrected chi connectivity index (χ2v) is 4.13. The minimum Gasteiger partial charge on any atom is -0.398 e. The molecule has 2 heteroatoms. The van der Waals surface area contributed by atoms with Gasteiger partial charge in [0.25, 0.3) is 0 Å². The highest BCUT2D eigenvalue weighted by atomic mass is 16.3. The van der Waals surface area contributed by atoms with Gasteiger partial charge in [0.1, 0.15) is 6.10 Å². The number of nitrogen functional groups attached to an aromatic ring is 1. The van der Waals surface area contributed by atoms with E-state index in [-0.39, 0.29) is 0 Å². The average Bonchev–Trinajstić information content (AvgIpc) is 2.39. The Hall–Kier alpha value is -1.80. The van der Waals surface area contributed by atoms with Crippen molar-refractivity contribution in [2.75, 3.05) is 5.73 Å². The summed E-state index contributed by atoms with van der Waals surface area (Å²) in [5.41, 5.74) is 9.38. The highest BCUT2D eigenvalue weighted by Crippen LogP contribution is 2.26. The molecular formula is C15H17NO. The summed E-state index contributed by atoms with van der Waals surface area (Å²) in [4.78, 5) is 0. The Morgan fingerprint density at radius 3 is 2.29 bits per heavy atom. The molecule has 0 aliphatic carbocycles. The van der Waals surface area contributed by atoms with Gasteiger partial charge in [0.15, 0.2) is 0 Å². The van der Waals surface area contributed by atoms with E-state index in [1.807, 2.05) is 42.5 Å². The molecule has 0 saturated carbocycles. The van der Waals surface area contributed by atoms with Crippen LogP contribution in [-0.4, -0.2) is 5.11 Å². The lowest BCUT2D eigenvalue weighted by atomic mass is 9.99. The predicted octanol–water partition coefficient (Wildman–Crippen LogP) is 2.91. The maximum absolute atomic E-state index is 10.3. The van der Waals surface area contributed by atoms with Gasteiger partial charge in [-0.1, -0.05) is 49.4 Å². The van der Waals surface area contributed by atoms with Crippen LogP contribution in [0.25, 0.3) is 0 Å². The number of aliphatic hydroxyl groups excluding tert-OH is 1. The quantitative estimate of drug-likeness (QED) is 0.792. The monoisotopic (exact) mass is 227 g/mol. The summed E-state index contributed by atoms with van der Waals surface area (Å²) in [6.07, 6.45) is 0.353. The summed E-state index contributed by atoms with van der Waals surface area (Å²) in [5.74, 6) is 0. The van der Waals surface area contributed by atoms with Crippen LogP contribution >= 0.6 is 0 Å². The lowest BCUT2D eigenvalue weighted by molar-refractivity contribution is 0.221. The first kappa shape index (κ1) is 11.7. The first-order chi connectivity index (χ1) is 8.22. The van der Waals surface area contributed by atoms with Crippen molar-refractivity contribution in [3.8, 4) is 0 Å². The van der Waals surface area contributed by atoms with Crippen LogP contribution in [0.4, 0.5) is 5.69 Å². The molecule has 0 spiro atoms. The van der Waals surface area contributed by atoms with Gasteiger partial charge in [-0.15, -0.1) is 0 Å². The predicted molar refractivity (Wildman–Crippen MR) is 70.7 cm³/mol. The molecule has 2 nitrogen and oxygen atoms in total. The Kier molecular flexibility index (Phi) is 3.45. The van der Waals surface area contributed by atoms with Crippen LogP contribution in [0, 0.1) is 0 Å². The Morgan fingerprint density at radius 2 is 1.71 bits per heavy atom. The van der Waals surface area contributed by atoms with Crippen molar-refractivity contribution in [2.24, 2.45) is 0 Å². The van der Waals surface area contributed by atoms with Gasteiger partial charge in [0.2, 0.25) is 0 Å². The molecule has 1 atom stereocenters. The second kappa shape index (κ2) is 5.02. The lowest BCUT2D eigenvalue weighted by Gasteiger charge is -2.14. The van der Waals surface area contributed by atoms with Crippen LogP contribution in [0.5, 0.6) is 0 Å². The molecule has 0 saturated heterocycles. The summed E-state index contributed by atoms with van der Waals surface area (Å²) < 4.78 is 0. The number of aryl methyl sites for hydroxylation is 1. The third-order valence-corrected chi connectivity index (χ3v) is 2.99. The third kappa shape index (κ3) is 2.48. The fourth-order valence-electron chi connectivity index (χ4n) is 1.88. The number of aliphatic hydroxyl groups is 1. The first-order valence-corrected chi connectivity index (χ1v) is 5.83. The van der Waals surface area contributed by atoms with Gasteiger partial charge in [0.05, 0.1) is 0 Å². The molecule has 0 unspecified atom stereocenters. The zero-order chi connectivity index (χ0) is 12.3. The summed E-state index contributed by atoms with van der Waals surface area (Å²) >= 11 is 0. The lowest BCUT2D eigenvalue weighted by Crippen LogP contribution is -2.03. The van der Waals surface area contributed by atoms with E-state index < -0.39 is 6.10 Å². The van der Waals surface area contributed by atoms with Crippen molar-refractivity contribution in [3.05, 3.63) is 65.2 Å². The van der Waals surface area contributed by atoms with Crippen LogP contribution < -0.4 is 5.73 Å². The van der Waals surface area contributed by atoms with Crippen molar-refractivity contribution < 1.29 is 5.11 Å². The van der Waals surface area contributed by atoms with Crippen molar-refractivity contribution in [2.45, 2.75) is 19.4 Å². The SMILES string of the molecule is CCc1ccc([C@H](O)c2ccccc2N)cc1. The molecule has 3 N–H and O–H groups in total. The minimum atomic E-state index is -0.651. The molecule has 0 radical (unpaired) electrons. The Morgan fingerprint density at radius 1 is 1.06 bits per heavy atom. The van der Waals surface area contributed by atoms with Gasteiger partial charge >= 0.3 is 0 Å².